The molecule has 0 atom stereocenters. The van der Waals surface area contributed by atoms with Gasteiger partial charge in [0.25, 0.3) is 15.9 Å². The monoisotopic (exact) mass is 495 g/mol. The highest BCUT2D eigenvalue weighted by Crippen LogP contribution is 2.24. The zero-order valence-electron chi connectivity index (χ0n) is 19.3. The smallest absolute Gasteiger partial charge is 0.279 e. The molecule has 3 aromatic carbocycles. The number of fused-ring (bicyclic) bond motifs is 1. The van der Waals surface area contributed by atoms with E-state index in [4.69, 9.17) is 4.74 Å². The Bertz CT molecular complexity index is 1530. The Morgan fingerprint density at radius 2 is 1.74 bits per heavy atom. The van der Waals surface area contributed by atoms with Gasteiger partial charge in [-0.05, 0) is 86.5 Å². The first-order valence-corrected chi connectivity index (χ1v) is 13.0. The number of hydrogen-bond donors (Lipinski definition) is 1. The van der Waals surface area contributed by atoms with Crippen molar-refractivity contribution in [2.24, 2.45) is 4.99 Å². The van der Waals surface area contributed by atoms with Gasteiger partial charge in [0, 0.05) is 17.8 Å². The summed E-state index contributed by atoms with van der Waals surface area (Å²) in [5, 5.41) is 0. The molecule has 0 aliphatic heterocycles. The lowest BCUT2D eigenvalue weighted by Crippen LogP contribution is -2.16. The highest BCUT2D eigenvalue weighted by molar-refractivity contribution is 7.92. The number of sulfonamides is 1. The summed E-state index contributed by atoms with van der Waals surface area (Å²) in [6, 6.07) is 16.6. The minimum atomic E-state index is -3.77. The number of thiazole rings is 1. The van der Waals surface area contributed by atoms with Gasteiger partial charge in [0.1, 0.15) is 5.75 Å². The van der Waals surface area contributed by atoms with Gasteiger partial charge < -0.3 is 9.30 Å². The Labute approximate surface area is 202 Å². The fourth-order valence-electron chi connectivity index (χ4n) is 3.70. The molecule has 1 heterocycles. The summed E-state index contributed by atoms with van der Waals surface area (Å²) in [5.41, 5.74) is 4.12. The third-order valence-corrected chi connectivity index (χ3v) is 8.01. The first-order valence-electron chi connectivity index (χ1n) is 10.7. The van der Waals surface area contributed by atoms with Crippen LogP contribution in [0.2, 0.25) is 0 Å². The van der Waals surface area contributed by atoms with E-state index in [0.717, 1.165) is 21.3 Å². The number of aromatic nitrogens is 1. The molecule has 0 aliphatic carbocycles. The Morgan fingerprint density at radius 1 is 1.06 bits per heavy atom. The average molecular weight is 496 g/mol. The third-order valence-electron chi connectivity index (χ3n) is 5.38. The molecular formula is C25H25N3O4S2. The van der Waals surface area contributed by atoms with Gasteiger partial charge in [-0.1, -0.05) is 17.4 Å². The number of carbonyl (C=O) groups is 1. The number of anilines is 1. The second-order valence-corrected chi connectivity index (χ2v) is 10.5. The van der Waals surface area contributed by atoms with Crippen LogP contribution in [0.3, 0.4) is 0 Å². The van der Waals surface area contributed by atoms with E-state index >= 15 is 0 Å². The first kappa shape index (κ1) is 23.7. The summed E-state index contributed by atoms with van der Waals surface area (Å²) in [5.74, 6) is 0.187. The number of aryl methyl sites for hydroxylation is 3. The number of benzene rings is 3. The van der Waals surface area contributed by atoms with Crippen molar-refractivity contribution in [2.75, 3.05) is 11.8 Å². The molecule has 4 rings (SSSR count). The summed E-state index contributed by atoms with van der Waals surface area (Å²) in [6.45, 7) is 6.83. The molecule has 9 heteroatoms. The predicted octanol–water partition coefficient (Wildman–Crippen LogP) is 4.89. The number of carbonyl (C=O) groups excluding carboxylic acids is 1. The lowest BCUT2D eigenvalue weighted by molar-refractivity contribution is 0.0998. The molecule has 0 saturated heterocycles. The Morgan fingerprint density at radius 3 is 2.35 bits per heavy atom. The molecule has 0 radical (unpaired) electrons. The Kier molecular flexibility index (Phi) is 6.58. The molecule has 34 heavy (non-hydrogen) atoms. The summed E-state index contributed by atoms with van der Waals surface area (Å²) in [4.78, 5) is 18.0. The maximum absolute atomic E-state index is 12.9. The summed E-state index contributed by atoms with van der Waals surface area (Å²) < 4.78 is 36.0. The van der Waals surface area contributed by atoms with Crippen LogP contribution in [0.25, 0.3) is 10.2 Å². The van der Waals surface area contributed by atoms with Crippen LogP contribution in [-0.2, 0) is 16.6 Å². The highest BCUT2D eigenvalue weighted by Gasteiger charge is 2.15. The van der Waals surface area contributed by atoms with Crippen LogP contribution in [0.15, 0.2) is 70.6 Å². The normalized spacial score (nSPS) is 12.2. The van der Waals surface area contributed by atoms with E-state index in [-0.39, 0.29) is 10.8 Å². The summed E-state index contributed by atoms with van der Waals surface area (Å²) >= 11 is 1.49. The number of rotatable bonds is 6. The van der Waals surface area contributed by atoms with Gasteiger partial charge >= 0.3 is 0 Å². The zero-order valence-corrected chi connectivity index (χ0v) is 21.0. The van der Waals surface area contributed by atoms with Crippen LogP contribution in [0.5, 0.6) is 5.75 Å². The maximum Gasteiger partial charge on any atom is 0.279 e. The quantitative estimate of drug-likeness (QED) is 0.412. The van der Waals surface area contributed by atoms with Crippen molar-refractivity contribution in [1.29, 1.82) is 0 Å². The van der Waals surface area contributed by atoms with Crippen molar-refractivity contribution in [3.05, 3.63) is 82.2 Å². The summed E-state index contributed by atoms with van der Waals surface area (Å²) in [6.07, 6.45) is 0. The SMILES string of the molecule is CCn1c(=NC(=O)c2ccc(NS(=O)(=O)c3ccc(OC)cc3)cc2)sc2c(C)cc(C)cc21. The standard InChI is InChI=1S/C25H25N3O4S2/c1-5-28-22-15-16(2)14-17(3)23(22)33-25(28)26-24(29)18-6-8-19(9-7-18)27-34(30,31)21-12-10-20(32-4)11-13-21/h6-15,27H,5H2,1-4H3. The molecule has 0 bridgehead atoms. The van der Waals surface area contributed by atoms with Crippen LogP contribution < -0.4 is 14.3 Å². The van der Waals surface area contributed by atoms with Crippen molar-refractivity contribution in [3.63, 3.8) is 0 Å². The van der Waals surface area contributed by atoms with Crippen LogP contribution in [-0.4, -0.2) is 26.0 Å². The van der Waals surface area contributed by atoms with E-state index in [1.807, 2.05) is 11.5 Å². The van der Waals surface area contributed by atoms with E-state index in [1.165, 1.54) is 30.6 Å². The predicted molar refractivity (Wildman–Crippen MR) is 135 cm³/mol. The van der Waals surface area contributed by atoms with Gasteiger partial charge in [-0.15, -0.1) is 0 Å². The van der Waals surface area contributed by atoms with Crippen LogP contribution in [0, 0.1) is 13.8 Å². The fraction of sp³-hybridized carbons (Fsp3) is 0.200. The van der Waals surface area contributed by atoms with E-state index in [0.29, 0.717) is 28.3 Å². The molecule has 0 unspecified atom stereocenters. The number of nitrogens with one attached hydrogen (secondary N) is 1. The van der Waals surface area contributed by atoms with E-state index < -0.39 is 10.0 Å². The largest absolute Gasteiger partial charge is 0.497 e. The molecule has 1 N–H and O–H groups in total. The number of amides is 1. The molecular weight excluding hydrogens is 470 g/mol. The van der Waals surface area contributed by atoms with Gasteiger partial charge in [0.15, 0.2) is 4.80 Å². The molecule has 1 aromatic heterocycles. The van der Waals surface area contributed by atoms with E-state index in [2.05, 4.69) is 35.7 Å². The number of ether oxygens (including phenoxy) is 1. The van der Waals surface area contributed by atoms with E-state index in [9.17, 15) is 13.2 Å². The topological polar surface area (TPSA) is 89.8 Å². The fourth-order valence-corrected chi connectivity index (χ4v) is 5.91. The minimum absolute atomic E-state index is 0.114. The Hall–Kier alpha value is -3.43. The third kappa shape index (κ3) is 4.76. The molecule has 176 valence electrons. The van der Waals surface area contributed by atoms with Crippen molar-refractivity contribution in [3.8, 4) is 5.75 Å². The van der Waals surface area contributed by atoms with Crippen molar-refractivity contribution in [1.82, 2.24) is 4.57 Å². The minimum Gasteiger partial charge on any atom is -0.497 e. The van der Waals surface area contributed by atoms with Crippen LogP contribution >= 0.6 is 11.3 Å². The molecule has 1 amide bonds. The molecule has 4 aromatic rings. The molecule has 0 spiro atoms. The second kappa shape index (κ2) is 9.44. The molecule has 0 fully saturated rings. The Balaban J connectivity index is 1.59. The van der Waals surface area contributed by atoms with Crippen molar-refractivity contribution in [2.45, 2.75) is 32.2 Å². The molecule has 0 saturated carbocycles. The van der Waals surface area contributed by atoms with Crippen LogP contribution in [0.1, 0.15) is 28.4 Å². The van der Waals surface area contributed by atoms with Gasteiger partial charge in [-0.2, -0.15) is 4.99 Å². The zero-order chi connectivity index (χ0) is 24.5. The first-order chi connectivity index (χ1) is 16.2. The lowest BCUT2D eigenvalue weighted by Gasteiger charge is -2.09. The van der Waals surface area contributed by atoms with Crippen molar-refractivity contribution < 1.29 is 17.9 Å². The molecule has 0 aliphatic rings. The van der Waals surface area contributed by atoms with E-state index in [1.54, 1.807) is 36.4 Å². The summed E-state index contributed by atoms with van der Waals surface area (Å²) in [7, 11) is -2.25. The molecule has 7 nitrogen and oxygen atoms in total. The van der Waals surface area contributed by atoms with Crippen LogP contribution in [0.4, 0.5) is 5.69 Å². The van der Waals surface area contributed by atoms with Gasteiger partial charge in [-0.25, -0.2) is 8.42 Å². The number of nitrogens with zero attached hydrogens (tertiary/aromatic N) is 2. The van der Waals surface area contributed by atoms with Gasteiger partial charge in [0.05, 0.1) is 22.2 Å². The lowest BCUT2D eigenvalue weighted by atomic mass is 10.1. The van der Waals surface area contributed by atoms with Gasteiger partial charge in [0.2, 0.25) is 0 Å². The number of methoxy groups -OCH3 is 1. The second-order valence-electron chi connectivity index (χ2n) is 7.83. The van der Waals surface area contributed by atoms with Gasteiger partial charge in [-0.3, -0.25) is 9.52 Å². The average Bonchev–Trinajstić information content (AvgIpc) is 3.16. The maximum atomic E-state index is 12.9. The van der Waals surface area contributed by atoms with Crippen molar-refractivity contribution >= 4 is 43.2 Å². The number of hydrogen-bond acceptors (Lipinski definition) is 5. The highest BCUT2D eigenvalue weighted by atomic mass is 32.2.